The molecule has 0 bridgehead atoms. The highest BCUT2D eigenvalue weighted by atomic mass is 32.1. The first kappa shape index (κ1) is 18.3. The van der Waals surface area contributed by atoms with Crippen LogP contribution in [0.25, 0.3) is 0 Å². The summed E-state index contributed by atoms with van der Waals surface area (Å²) in [4.78, 5) is 0. The molecule has 0 aromatic heterocycles. The average Bonchev–Trinajstić information content (AvgIpc) is 2.98. The van der Waals surface area contributed by atoms with Gasteiger partial charge in [0.25, 0.3) is 9.04 Å². The fourth-order valence-electron chi connectivity index (χ4n) is 3.00. The van der Waals surface area contributed by atoms with E-state index in [2.05, 4.69) is 69.3 Å². The molecule has 3 rings (SSSR count). The van der Waals surface area contributed by atoms with E-state index in [1.807, 2.05) is 12.1 Å². The molecule has 1 aliphatic heterocycles. The van der Waals surface area contributed by atoms with Crippen LogP contribution in [0.2, 0.25) is 0 Å². The Morgan fingerprint density at radius 3 is 1.96 bits per heavy atom. The summed E-state index contributed by atoms with van der Waals surface area (Å²) in [6, 6.07) is 21.0. The van der Waals surface area contributed by atoms with Gasteiger partial charge in [-0.3, -0.25) is 0 Å². The van der Waals surface area contributed by atoms with Crippen molar-refractivity contribution in [2.24, 2.45) is 11.3 Å². The predicted octanol–water partition coefficient (Wildman–Crippen LogP) is 3.59. The summed E-state index contributed by atoms with van der Waals surface area (Å²) >= 11 is 5.48. The van der Waals surface area contributed by atoms with Crippen molar-refractivity contribution in [2.75, 3.05) is 6.61 Å². The molecule has 0 amide bonds. The minimum Gasteiger partial charge on any atom is -0.483 e. The van der Waals surface area contributed by atoms with Crippen LogP contribution in [0.15, 0.2) is 60.7 Å². The Bertz CT molecular complexity index is 657. The van der Waals surface area contributed by atoms with Gasteiger partial charge >= 0.3 is 0 Å². The molecule has 1 aliphatic rings. The van der Waals surface area contributed by atoms with Gasteiger partial charge in [-0.05, 0) is 34.4 Å². The van der Waals surface area contributed by atoms with Crippen molar-refractivity contribution in [3.63, 3.8) is 0 Å². The predicted molar refractivity (Wildman–Crippen MR) is 109 cm³/mol. The molecular formula is C21H25O2SSi. The molecule has 1 fully saturated rings. The zero-order valence-corrected chi connectivity index (χ0v) is 16.9. The average molecular weight is 370 g/mol. The second kappa shape index (κ2) is 7.81. The van der Waals surface area contributed by atoms with Gasteiger partial charge in [-0.1, -0.05) is 81.4 Å². The number of thiocarbonyl (C=S) groups is 1. The fraction of sp³-hybridized carbons (Fsp3) is 0.381. The van der Waals surface area contributed by atoms with Crippen LogP contribution in [0.4, 0.5) is 0 Å². The number of rotatable bonds is 5. The molecule has 2 aromatic rings. The maximum Gasteiger partial charge on any atom is 0.282 e. The third-order valence-corrected chi connectivity index (χ3v) is 7.16. The second-order valence-electron chi connectivity index (χ2n) is 7.60. The molecule has 0 N–H and O–H groups in total. The first-order valence-electron chi connectivity index (χ1n) is 8.76. The van der Waals surface area contributed by atoms with Crippen molar-refractivity contribution in [1.29, 1.82) is 0 Å². The molecule has 0 spiro atoms. The van der Waals surface area contributed by atoms with E-state index in [0.29, 0.717) is 11.7 Å². The van der Waals surface area contributed by atoms with Gasteiger partial charge in [0.15, 0.2) is 5.05 Å². The van der Waals surface area contributed by atoms with Crippen LogP contribution < -0.4 is 10.4 Å². The van der Waals surface area contributed by atoms with Crippen LogP contribution in [-0.4, -0.2) is 26.8 Å². The van der Waals surface area contributed by atoms with Crippen molar-refractivity contribution < 1.29 is 9.16 Å². The standard InChI is InChI=1S/C21H25O2SSi/c1-21(2,3)19-14-16(20(24)23-19)15-22-25(17-10-6-4-7-11-17)18-12-8-5-9-13-18/h4-13,16,19H,14-15H2,1-3H3/t16?,19-/m0/s1. The summed E-state index contributed by atoms with van der Waals surface area (Å²) < 4.78 is 12.4. The molecule has 4 heteroatoms. The van der Waals surface area contributed by atoms with Crippen LogP contribution in [0, 0.1) is 11.3 Å². The van der Waals surface area contributed by atoms with E-state index in [4.69, 9.17) is 21.4 Å². The Morgan fingerprint density at radius 1 is 1.00 bits per heavy atom. The van der Waals surface area contributed by atoms with Crippen LogP contribution in [-0.2, 0) is 9.16 Å². The van der Waals surface area contributed by atoms with Crippen molar-refractivity contribution >= 4 is 36.7 Å². The maximum atomic E-state index is 6.46. The van der Waals surface area contributed by atoms with Crippen molar-refractivity contribution in [3.8, 4) is 0 Å². The quantitative estimate of drug-likeness (QED) is 0.593. The first-order chi connectivity index (χ1) is 11.9. The maximum absolute atomic E-state index is 6.46. The summed E-state index contributed by atoms with van der Waals surface area (Å²) in [5.41, 5.74) is 0.103. The lowest BCUT2D eigenvalue weighted by atomic mass is 9.86. The van der Waals surface area contributed by atoms with Crippen LogP contribution >= 0.6 is 12.2 Å². The van der Waals surface area contributed by atoms with Gasteiger partial charge in [-0.15, -0.1) is 0 Å². The van der Waals surface area contributed by atoms with Crippen LogP contribution in [0.1, 0.15) is 27.2 Å². The monoisotopic (exact) mass is 369 g/mol. The van der Waals surface area contributed by atoms with E-state index in [1.165, 1.54) is 10.4 Å². The molecule has 1 unspecified atom stereocenters. The molecule has 25 heavy (non-hydrogen) atoms. The van der Waals surface area contributed by atoms with E-state index >= 15 is 0 Å². The van der Waals surface area contributed by atoms with Crippen LogP contribution in [0.3, 0.4) is 0 Å². The van der Waals surface area contributed by atoms with E-state index in [-0.39, 0.29) is 17.4 Å². The minimum atomic E-state index is -1.28. The zero-order chi connectivity index (χ0) is 17.9. The molecule has 0 saturated carbocycles. The Morgan fingerprint density at radius 2 is 1.52 bits per heavy atom. The summed E-state index contributed by atoms with van der Waals surface area (Å²) in [6.45, 7) is 7.23. The minimum absolute atomic E-state index is 0.103. The second-order valence-corrected chi connectivity index (χ2v) is 10.1. The molecule has 0 aliphatic carbocycles. The van der Waals surface area contributed by atoms with Gasteiger partial charge in [0.05, 0.1) is 5.92 Å². The van der Waals surface area contributed by atoms with Gasteiger partial charge in [0.1, 0.15) is 6.10 Å². The molecule has 131 valence electrons. The summed E-state index contributed by atoms with van der Waals surface area (Å²) in [6.07, 6.45) is 1.12. The number of hydrogen-bond acceptors (Lipinski definition) is 3. The largest absolute Gasteiger partial charge is 0.483 e. The van der Waals surface area contributed by atoms with Crippen LogP contribution in [0.5, 0.6) is 0 Å². The highest BCUT2D eigenvalue weighted by molar-refractivity contribution is 7.80. The molecular weight excluding hydrogens is 344 g/mol. The summed E-state index contributed by atoms with van der Waals surface area (Å²) in [5, 5.41) is 3.23. The highest BCUT2D eigenvalue weighted by Crippen LogP contribution is 2.34. The Kier molecular flexibility index (Phi) is 5.72. The third-order valence-electron chi connectivity index (χ3n) is 4.56. The lowest BCUT2D eigenvalue weighted by Gasteiger charge is -2.25. The van der Waals surface area contributed by atoms with E-state index in [0.717, 1.165) is 6.42 Å². The van der Waals surface area contributed by atoms with Crippen molar-refractivity contribution in [3.05, 3.63) is 60.7 Å². The van der Waals surface area contributed by atoms with Crippen molar-refractivity contribution in [2.45, 2.75) is 33.3 Å². The molecule has 1 saturated heterocycles. The fourth-order valence-corrected chi connectivity index (χ4v) is 5.31. The van der Waals surface area contributed by atoms with Gasteiger partial charge in [0.2, 0.25) is 0 Å². The summed E-state index contributed by atoms with van der Waals surface area (Å²) in [7, 11) is -1.28. The lowest BCUT2D eigenvalue weighted by molar-refractivity contribution is 0.0971. The molecule has 1 radical (unpaired) electrons. The Hall–Kier alpha value is -1.49. The topological polar surface area (TPSA) is 18.5 Å². The molecule has 2 aromatic carbocycles. The number of benzene rings is 2. The van der Waals surface area contributed by atoms with E-state index in [1.54, 1.807) is 0 Å². The molecule has 2 nitrogen and oxygen atoms in total. The van der Waals surface area contributed by atoms with Gasteiger partial charge in [0, 0.05) is 6.61 Å². The first-order valence-corrected chi connectivity index (χ1v) is 10.6. The highest BCUT2D eigenvalue weighted by Gasteiger charge is 2.38. The number of hydrogen-bond donors (Lipinski definition) is 0. The van der Waals surface area contributed by atoms with Gasteiger partial charge < -0.3 is 9.16 Å². The molecule has 1 heterocycles. The van der Waals surface area contributed by atoms with Gasteiger partial charge in [-0.2, -0.15) is 0 Å². The van der Waals surface area contributed by atoms with E-state index in [9.17, 15) is 0 Å². The SMILES string of the molecule is CC(C)(C)[C@@H]1CC(CO[Si](c2ccccc2)c2ccccc2)C(=S)O1. The third kappa shape index (κ3) is 4.57. The van der Waals surface area contributed by atoms with Crippen molar-refractivity contribution in [1.82, 2.24) is 0 Å². The van der Waals surface area contributed by atoms with Gasteiger partial charge in [-0.25, -0.2) is 0 Å². The normalized spacial score (nSPS) is 20.7. The smallest absolute Gasteiger partial charge is 0.282 e. The zero-order valence-electron chi connectivity index (χ0n) is 15.1. The van der Waals surface area contributed by atoms with E-state index < -0.39 is 9.04 Å². The number of ether oxygens (including phenoxy) is 1. The summed E-state index contributed by atoms with van der Waals surface area (Å²) in [5.74, 6) is 0.201. The Balaban J connectivity index is 1.73. The lowest BCUT2D eigenvalue weighted by Crippen LogP contribution is -2.46. The molecule has 2 atom stereocenters. The Labute approximate surface area is 157 Å².